The molecule has 0 saturated carbocycles. The van der Waals surface area contributed by atoms with Crippen LogP contribution in [-0.4, -0.2) is 49.4 Å². The van der Waals surface area contributed by atoms with Crippen molar-refractivity contribution in [3.05, 3.63) is 58.1 Å². The normalized spacial score (nSPS) is 19.1. The fraction of sp³-hybridized carbons (Fsp3) is 0.400. The number of piperazine rings is 1. The van der Waals surface area contributed by atoms with E-state index < -0.39 is 0 Å². The van der Waals surface area contributed by atoms with Gasteiger partial charge in [-0.2, -0.15) is 10.5 Å². The monoisotopic (exact) mass is 416 g/mol. The van der Waals surface area contributed by atoms with Crippen molar-refractivity contribution in [1.82, 2.24) is 15.4 Å². The molecule has 138 valence electrons. The molecule has 1 N–H and O–H groups in total. The Kier molecular flexibility index (Phi) is 5.29. The zero-order chi connectivity index (χ0) is 18.1. The largest absolute Gasteiger partial charge is 0.323 e. The number of nitrogens with one attached hydrogen (secondary N) is 1. The molecule has 1 atom stereocenters. The Morgan fingerprint density at radius 2 is 1.73 bits per heavy atom. The first-order valence-corrected chi connectivity index (χ1v) is 9.92. The maximum Gasteiger partial charge on any atom is 0.106 e. The number of para-hydroxylation sites is 1. The van der Waals surface area contributed by atoms with Gasteiger partial charge < -0.3 is 9.80 Å². The predicted molar refractivity (Wildman–Crippen MR) is 108 cm³/mol. The van der Waals surface area contributed by atoms with Crippen LogP contribution in [0.3, 0.4) is 0 Å². The highest BCUT2D eigenvalue weighted by Crippen LogP contribution is 2.40. The van der Waals surface area contributed by atoms with Gasteiger partial charge in [0.1, 0.15) is 6.17 Å². The Hall–Kier alpha value is -1.44. The van der Waals surface area contributed by atoms with Crippen molar-refractivity contribution in [2.24, 2.45) is 0 Å². The molecular weight excluding hydrogens is 392 g/mol. The molecule has 2 aliphatic rings. The Balaban J connectivity index is 1.55. The zero-order valence-corrected chi connectivity index (χ0v) is 16.9. The summed E-state index contributed by atoms with van der Waals surface area (Å²) in [5, 5.41) is 2.01. The molecule has 0 spiro atoms. The highest BCUT2D eigenvalue weighted by Gasteiger charge is 2.27. The SMILES string of the molecule is CC(NON1CCN(C)CC1)N1c2ccccc2Cc2ccc(Br)cc21. The van der Waals surface area contributed by atoms with Crippen LogP contribution in [-0.2, 0) is 11.4 Å². The second-order valence-corrected chi connectivity index (χ2v) is 7.98. The van der Waals surface area contributed by atoms with E-state index in [2.05, 4.69) is 87.6 Å². The highest BCUT2D eigenvalue weighted by molar-refractivity contribution is 9.10. The molecule has 2 heterocycles. The number of rotatable bonds is 4. The lowest BCUT2D eigenvalue weighted by molar-refractivity contribution is -0.229. The van der Waals surface area contributed by atoms with Crippen molar-refractivity contribution in [3.63, 3.8) is 0 Å². The van der Waals surface area contributed by atoms with Crippen LogP contribution in [0.1, 0.15) is 18.1 Å². The average Bonchev–Trinajstić information content (AvgIpc) is 2.65. The Labute approximate surface area is 163 Å². The molecule has 2 aromatic carbocycles. The minimum absolute atomic E-state index is 0.00385. The van der Waals surface area contributed by atoms with E-state index in [4.69, 9.17) is 4.94 Å². The van der Waals surface area contributed by atoms with E-state index in [1.807, 2.05) is 5.06 Å². The van der Waals surface area contributed by atoms with Gasteiger partial charge in [-0.3, -0.25) is 0 Å². The zero-order valence-electron chi connectivity index (χ0n) is 15.3. The third-order valence-electron chi connectivity index (χ3n) is 5.14. The topological polar surface area (TPSA) is 31.0 Å². The maximum absolute atomic E-state index is 5.91. The van der Waals surface area contributed by atoms with E-state index in [9.17, 15) is 0 Å². The third kappa shape index (κ3) is 3.66. The standard InChI is InChI=1S/C20H25BrN4O/c1-15(22-26-24-11-9-23(2)10-12-24)25-19-6-4-3-5-16(19)13-17-7-8-18(21)14-20(17)25/h3-8,14-15,22H,9-13H2,1-2H3. The molecule has 2 aromatic rings. The summed E-state index contributed by atoms with van der Waals surface area (Å²) in [6.45, 7) is 6.02. The number of hydroxylamine groups is 3. The van der Waals surface area contributed by atoms with Gasteiger partial charge in [0.2, 0.25) is 0 Å². The Morgan fingerprint density at radius 3 is 2.54 bits per heavy atom. The molecule has 6 heteroatoms. The van der Waals surface area contributed by atoms with Crippen molar-refractivity contribution in [2.75, 3.05) is 38.1 Å². The van der Waals surface area contributed by atoms with Crippen molar-refractivity contribution >= 4 is 27.3 Å². The number of hydrogen-bond donors (Lipinski definition) is 1. The summed E-state index contributed by atoms with van der Waals surface area (Å²) in [7, 11) is 2.15. The second-order valence-electron chi connectivity index (χ2n) is 7.07. The summed E-state index contributed by atoms with van der Waals surface area (Å²) < 4.78 is 1.09. The van der Waals surface area contributed by atoms with Crippen LogP contribution < -0.4 is 10.4 Å². The minimum atomic E-state index is 0.00385. The van der Waals surface area contributed by atoms with Crippen LogP contribution in [0.4, 0.5) is 11.4 Å². The summed E-state index contributed by atoms with van der Waals surface area (Å²) in [6.07, 6.45) is 0.963. The molecule has 0 amide bonds. The van der Waals surface area contributed by atoms with Gasteiger partial charge in [-0.15, -0.1) is 0 Å². The summed E-state index contributed by atoms with van der Waals surface area (Å²) in [6, 6.07) is 15.1. The first-order chi connectivity index (χ1) is 12.6. The molecular formula is C20H25BrN4O. The molecule has 4 rings (SSSR count). The fourth-order valence-corrected chi connectivity index (χ4v) is 3.99. The minimum Gasteiger partial charge on any atom is -0.323 e. The van der Waals surface area contributed by atoms with Crippen LogP contribution in [0, 0.1) is 0 Å². The summed E-state index contributed by atoms with van der Waals surface area (Å²) in [4.78, 5) is 10.6. The predicted octanol–water partition coefficient (Wildman–Crippen LogP) is 3.52. The summed E-state index contributed by atoms with van der Waals surface area (Å²) >= 11 is 3.62. The summed E-state index contributed by atoms with van der Waals surface area (Å²) in [5.74, 6) is 0. The number of benzene rings is 2. The van der Waals surface area contributed by atoms with E-state index >= 15 is 0 Å². The molecule has 1 fully saturated rings. The van der Waals surface area contributed by atoms with E-state index in [-0.39, 0.29) is 6.17 Å². The van der Waals surface area contributed by atoms with Crippen LogP contribution in [0.2, 0.25) is 0 Å². The fourth-order valence-electron chi connectivity index (χ4n) is 3.64. The molecule has 5 nitrogen and oxygen atoms in total. The number of anilines is 2. The van der Waals surface area contributed by atoms with Crippen LogP contribution in [0.25, 0.3) is 0 Å². The van der Waals surface area contributed by atoms with E-state index in [0.717, 1.165) is 37.1 Å². The lowest BCUT2D eigenvalue weighted by atomic mass is 9.95. The molecule has 0 aromatic heterocycles. The van der Waals surface area contributed by atoms with Crippen LogP contribution in [0.5, 0.6) is 0 Å². The lowest BCUT2D eigenvalue weighted by Crippen LogP contribution is -2.50. The first-order valence-electron chi connectivity index (χ1n) is 9.13. The Morgan fingerprint density at radius 1 is 1.00 bits per heavy atom. The third-order valence-corrected chi connectivity index (χ3v) is 5.63. The number of likely N-dealkylation sites (N-methyl/N-ethyl adjacent to an activating group) is 1. The van der Waals surface area contributed by atoms with Gasteiger partial charge in [-0.25, -0.2) is 4.94 Å². The van der Waals surface area contributed by atoms with Gasteiger partial charge >= 0.3 is 0 Å². The van der Waals surface area contributed by atoms with Gasteiger partial charge in [0, 0.05) is 48.4 Å². The highest BCUT2D eigenvalue weighted by atomic mass is 79.9. The van der Waals surface area contributed by atoms with Crippen LogP contribution >= 0.6 is 15.9 Å². The Bertz CT molecular complexity index is 776. The van der Waals surface area contributed by atoms with Crippen molar-refractivity contribution in [1.29, 1.82) is 0 Å². The number of nitrogens with zero attached hydrogens (tertiary/aromatic N) is 3. The van der Waals surface area contributed by atoms with Crippen molar-refractivity contribution in [3.8, 4) is 0 Å². The molecule has 1 unspecified atom stereocenters. The number of hydrogen-bond acceptors (Lipinski definition) is 5. The van der Waals surface area contributed by atoms with Gasteiger partial charge in [-0.1, -0.05) is 40.2 Å². The maximum atomic E-state index is 5.91. The van der Waals surface area contributed by atoms with Gasteiger partial charge in [0.15, 0.2) is 0 Å². The first kappa shape index (κ1) is 17.9. The molecule has 0 bridgehead atoms. The van der Waals surface area contributed by atoms with Crippen molar-refractivity contribution < 1.29 is 4.94 Å². The molecule has 1 saturated heterocycles. The molecule has 0 radical (unpaired) electrons. The van der Waals surface area contributed by atoms with Crippen LogP contribution in [0.15, 0.2) is 46.9 Å². The molecule has 0 aliphatic carbocycles. The lowest BCUT2D eigenvalue weighted by Gasteiger charge is -2.39. The molecule has 26 heavy (non-hydrogen) atoms. The van der Waals surface area contributed by atoms with E-state index in [1.165, 1.54) is 22.5 Å². The van der Waals surface area contributed by atoms with Gasteiger partial charge in [0.25, 0.3) is 0 Å². The quantitative estimate of drug-likeness (QED) is 0.770. The van der Waals surface area contributed by atoms with Gasteiger partial charge in [0.05, 0.1) is 0 Å². The smallest absolute Gasteiger partial charge is 0.106 e. The average molecular weight is 417 g/mol. The number of fused-ring (bicyclic) bond motifs is 2. The summed E-state index contributed by atoms with van der Waals surface area (Å²) in [5.41, 5.74) is 8.39. The van der Waals surface area contributed by atoms with E-state index in [1.54, 1.807) is 0 Å². The van der Waals surface area contributed by atoms with Gasteiger partial charge in [-0.05, 0) is 43.3 Å². The molecule has 2 aliphatic heterocycles. The van der Waals surface area contributed by atoms with Crippen molar-refractivity contribution in [2.45, 2.75) is 19.5 Å². The van der Waals surface area contributed by atoms with E-state index in [0.29, 0.717) is 0 Å². The second kappa shape index (κ2) is 7.66. The number of halogens is 1.